The lowest BCUT2D eigenvalue weighted by atomic mass is 10.0. The van der Waals surface area contributed by atoms with Gasteiger partial charge in [0.1, 0.15) is 15.7 Å². The maximum absolute atomic E-state index is 13.1. The van der Waals surface area contributed by atoms with Crippen LogP contribution in [0.2, 0.25) is 0 Å². The second kappa shape index (κ2) is 6.74. The average Bonchev–Trinajstić information content (AvgIpc) is 2.37. The van der Waals surface area contributed by atoms with Crippen LogP contribution in [0.4, 0.5) is 17.6 Å². The van der Waals surface area contributed by atoms with Gasteiger partial charge in [-0.3, -0.25) is 0 Å². The molecule has 21 heavy (non-hydrogen) atoms. The Morgan fingerprint density at radius 3 is 2.43 bits per heavy atom. The molecule has 0 bridgehead atoms. The third-order valence-corrected chi connectivity index (χ3v) is 4.92. The van der Waals surface area contributed by atoms with Gasteiger partial charge in [-0.15, -0.1) is 0 Å². The van der Waals surface area contributed by atoms with E-state index in [-0.39, 0.29) is 29.9 Å². The van der Waals surface area contributed by atoms with E-state index >= 15 is 0 Å². The van der Waals surface area contributed by atoms with E-state index < -0.39 is 33.4 Å². The SMILES string of the molecule is CCS(=O)(=O)CCCC(N)c1ccc(F)c(C(F)(F)F)c1. The van der Waals surface area contributed by atoms with Crippen molar-refractivity contribution in [1.82, 2.24) is 0 Å². The van der Waals surface area contributed by atoms with Gasteiger partial charge >= 0.3 is 6.18 Å². The summed E-state index contributed by atoms with van der Waals surface area (Å²) < 4.78 is 73.5. The van der Waals surface area contributed by atoms with Crippen LogP contribution in [0.5, 0.6) is 0 Å². The van der Waals surface area contributed by atoms with Crippen molar-refractivity contribution in [2.45, 2.75) is 32.0 Å². The Bertz CT molecular complexity index is 584. The van der Waals surface area contributed by atoms with Crippen molar-refractivity contribution in [3.63, 3.8) is 0 Å². The van der Waals surface area contributed by atoms with Crippen LogP contribution in [0.15, 0.2) is 18.2 Å². The molecule has 0 aliphatic rings. The van der Waals surface area contributed by atoms with Gasteiger partial charge in [-0.25, -0.2) is 12.8 Å². The zero-order valence-corrected chi connectivity index (χ0v) is 12.3. The summed E-state index contributed by atoms with van der Waals surface area (Å²) in [7, 11) is -3.13. The van der Waals surface area contributed by atoms with Crippen LogP contribution < -0.4 is 5.73 Å². The lowest BCUT2D eigenvalue weighted by Crippen LogP contribution is -2.16. The summed E-state index contributed by atoms with van der Waals surface area (Å²) in [4.78, 5) is 0. The maximum Gasteiger partial charge on any atom is 0.419 e. The summed E-state index contributed by atoms with van der Waals surface area (Å²) >= 11 is 0. The van der Waals surface area contributed by atoms with E-state index in [4.69, 9.17) is 5.73 Å². The molecule has 0 aromatic heterocycles. The fourth-order valence-corrected chi connectivity index (χ4v) is 2.72. The van der Waals surface area contributed by atoms with Gasteiger partial charge in [0, 0.05) is 11.8 Å². The van der Waals surface area contributed by atoms with Crippen molar-refractivity contribution >= 4 is 9.84 Å². The molecule has 8 heteroatoms. The molecule has 120 valence electrons. The van der Waals surface area contributed by atoms with E-state index in [0.29, 0.717) is 6.07 Å². The predicted molar refractivity (Wildman–Crippen MR) is 71.9 cm³/mol. The quantitative estimate of drug-likeness (QED) is 0.817. The Kier molecular flexibility index (Phi) is 5.75. The van der Waals surface area contributed by atoms with Crippen LogP contribution in [0.25, 0.3) is 0 Å². The first-order valence-corrected chi connectivity index (χ1v) is 8.21. The van der Waals surface area contributed by atoms with Crippen LogP contribution in [0.3, 0.4) is 0 Å². The Labute approximate surface area is 121 Å². The van der Waals surface area contributed by atoms with Gasteiger partial charge in [-0.1, -0.05) is 13.0 Å². The molecule has 1 unspecified atom stereocenters. The van der Waals surface area contributed by atoms with Gasteiger partial charge in [0.25, 0.3) is 0 Å². The number of alkyl halides is 3. The molecule has 0 radical (unpaired) electrons. The standard InChI is InChI=1S/C13H17F4NO2S/c1-2-21(19,20)7-3-4-12(18)9-5-6-11(14)10(8-9)13(15,16)17/h5-6,8,12H,2-4,7,18H2,1H3. The topological polar surface area (TPSA) is 60.2 Å². The summed E-state index contributed by atoms with van der Waals surface area (Å²) in [5.74, 6) is -1.41. The zero-order chi connectivity index (χ0) is 16.3. The highest BCUT2D eigenvalue weighted by molar-refractivity contribution is 7.91. The largest absolute Gasteiger partial charge is 0.419 e. The van der Waals surface area contributed by atoms with Gasteiger partial charge in [0.2, 0.25) is 0 Å². The monoisotopic (exact) mass is 327 g/mol. The number of benzene rings is 1. The molecule has 2 N–H and O–H groups in total. The normalized spacial score (nSPS) is 14.2. The minimum Gasteiger partial charge on any atom is -0.324 e. The smallest absolute Gasteiger partial charge is 0.324 e. The number of rotatable bonds is 6. The van der Waals surface area contributed by atoms with Crippen molar-refractivity contribution < 1.29 is 26.0 Å². The number of nitrogens with two attached hydrogens (primary N) is 1. The molecule has 1 aromatic carbocycles. The molecule has 0 saturated heterocycles. The molecule has 0 aliphatic carbocycles. The summed E-state index contributed by atoms with van der Waals surface area (Å²) in [5, 5.41) is 0. The zero-order valence-electron chi connectivity index (χ0n) is 11.5. The van der Waals surface area contributed by atoms with Gasteiger partial charge in [0.15, 0.2) is 0 Å². The Morgan fingerprint density at radius 2 is 1.90 bits per heavy atom. The molecule has 0 heterocycles. The number of hydrogen-bond acceptors (Lipinski definition) is 3. The third-order valence-electron chi connectivity index (χ3n) is 3.13. The van der Waals surface area contributed by atoms with E-state index in [9.17, 15) is 26.0 Å². The maximum atomic E-state index is 13.1. The van der Waals surface area contributed by atoms with Crippen molar-refractivity contribution in [2.24, 2.45) is 5.73 Å². The fourth-order valence-electron chi connectivity index (χ4n) is 1.82. The van der Waals surface area contributed by atoms with Crippen LogP contribution in [0, 0.1) is 5.82 Å². The van der Waals surface area contributed by atoms with E-state index in [1.165, 1.54) is 13.0 Å². The van der Waals surface area contributed by atoms with Crippen LogP contribution in [-0.4, -0.2) is 19.9 Å². The molecule has 1 aromatic rings. The third kappa shape index (κ3) is 5.28. The molecule has 1 atom stereocenters. The van der Waals surface area contributed by atoms with Crippen LogP contribution in [0.1, 0.15) is 36.9 Å². The molecule has 0 aliphatic heterocycles. The van der Waals surface area contributed by atoms with Gasteiger partial charge in [-0.05, 0) is 30.5 Å². The highest BCUT2D eigenvalue weighted by Gasteiger charge is 2.34. The van der Waals surface area contributed by atoms with Crippen molar-refractivity contribution in [3.05, 3.63) is 35.1 Å². The predicted octanol–water partition coefficient (Wildman–Crippen LogP) is 3.06. The molecule has 0 spiro atoms. The van der Waals surface area contributed by atoms with E-state index in [1.54, 1.807) is 0 Å². The molecule has 1 rings (SSSR count). The van der Waals surface area contributed by atoms with Gasteiger partial charge in [-0.2, -0.15) is 13.2 Å². The first kappa shape index (κ1) is 17.9. The summed E-state index contributed by atoms with van der Waals surface area (Å²) in [6.45, 7) is 1.52. The van der Waals surface area contributed by atoms with E-state index in [2.05, 4.69) is 0 Å². The Morgan fingerprint density at radius 1 is 1.29 bits per heavy atom. The summed E-state index contributed by atoms with van der Waals surface area (Å²) in [6, 6.07) is 1.82. The van der Waals surface area contributed by atoms with E-state index in [0.717, 1.165) is 6.07 Å². The molecule has 0 fully saturated rings. The van der Waals surface area contributed by atoms with Crippen molar-refractivity contribution in [3.8, 4) is 0 Å². The molecule has 0 saturated carbocycles. The number of halogens is 4. The van der Waals surface area contributed by atoms with Crippen molar-refractivity contribution in [1.29, 1.82) is 0 Å². The number of hydrogen-bond donors (Lipinski definition) is 1. The Balaban J connectivity index is 2.78. The molecule has 3 nitrogen and oxygen atoms in total. The lowest BCUT2D eigenvalue weighted by Gasteiger charge is -2.15. The fraction of sp³-hybridized carbons (Fsp3) is 0.538. The molecular formula is C13H17F4NO2S. The summed E-state index contributed by atoms with van der Waals surface area (Å²) in [6.07, 6.45) is -4.33. The Hall–Kier alpha value is -1.15. The van der Waals surface area contributed by atoms with Crippen LogP contribution in [-0.2, 0) is 16.0 Å². The summed E-state index contributed by atoms with van der Waals surface area (Å²) in [5.41, 5.74) is 4.52. The molecule has 0 amide bonds. The lowest BCUT2D eigenvalue weighted by molar-refractivity contribution is -0.140. The molecular weight excluding hydrogens is 310 g/mol. The first-order chi connectivity index (χ1) is 9.57. The van der Waals surface area contributed by atoms with Crippen LogP contribution >= 0.6 is 0 Å². The second-order valence-electron chi connectivity index (χ2n) is 4.72. The number of sulfone groups is 1. The first-order valence-electron chi connectivity index (χ1n) is 6.39. The minimum atomic E-state index is -4.79. The highest BCUT2D eigenvalue weighted by Crippen LogP contribution is 2.33. The highest BCUT2D eigenvalue weighted by atomic mass is 32.2. The average molecular weight is 327 g/mol. The van der Waals surface area contributed by atoms with Gasteiger partial charge in [0.05, 0.1) is 11.3 Å². The second-order valence-corrected chi connectivity index (χ2v) is 7.19. The van der Waals surface area contributed by atoms with E-state index in [1.807, 2.05) is 0 Å². The minimum absolute atomic E-state index is 0.0109. The van der Waals surface area contributed by atoms with Crippen molar-refractivity contribution in [2.75, 3.05) is 11.5 Å². The van der Waals surface area contributed by atoms with Gasteiger partial charge < -0.3 is 5.73 Å².